The van der Waals surface area contributed by atoms with Gasteiger partial charge in [0.05, 0.1) is 11.3 Å². The highest BCUT2D eigenvalue weighted by Gasteiger charge is 2.07. The summed E-state index contributed by atoms with van der Waals surface area (Å²) >= 11 is 0. The molecule has 1 rings (SSSR count). The lowest BCUT2D eigenvalue weighted by Gasteiger charge is -1.98. The molecular formula is C15H16N2O2. The van der Waals surface area contributed by atoms with Gasteiger partial charge in [-0.1, -0.05) is 36.4 Å². The molecule has 0 saturated carbocycles. The van der Waals surface area contributed by atoms with Gasteiger partial charge < -0.3 is 5.11 Å². The third-order valence-electron chi connectivity index (χ3n) is 2.24. The van der Waals surface area contributed by atoms with Gasteiger partial charge in [-0.25, -0.2) is 4.79 Å². The molecule has 0 atom stereocenters. The van der Waals surface area contributed by atoms with Gasteiger partial charge in [-0.3, -0.25) is 0 Å². The fourth-order valence-electron chi connectivity index (χ4n) is 1.27. The minimum absolute atomic E-state index is 0.130. The summed E-state index contributed by atoms with van der Waals surface area (Å²) in [5, 5.41) is 17.0. The highest BCUT2D eigenvalue weighted by Crippen LogP contribution is 2.20. The van der Waals surface area contributed by atoms with Crippen LogP contribution in [0.5, 0.6) is 0 Å². The molecule has 1 aromatic carbocycles. The Kier molecular flexibility index (Phi) is 5.41. The molecule has 0 heterocycles. The molecule has 4 nitrogen and oxygen atoms in total. The van der Waals surface area contributed by atoms with Crippen LogP contribution in [0.25, 0.3) is 0 Å². The van der Waals surface area contributed by atoms with E-state index in [4.69, 9.17) is 5.11 Å². The number of nitrogens with zero attached hydrogens (tertiary/aromatic N) is 2. The second-order valence-corrected chi connectivity index (χ2v) is 3.92. The first kappa shape index (κ1) is 14.6. The van der Waals surface area contributed by atoms with Crippen LogP contribution >= 0.6 is 0 Å². The molecule has 19 heavy (non-hydrogen) atoms. The number of aromatic carboxylic acids is 1. The summed E-state index contributed by atoms with van der Waals surface area (Å²) in [6, 6.07) is 6.48. The van der Waals surface area contributed by atoms with Crippen molar-refractivity contribution in [3.63, 3.8) is 0 Å². The van der Waals surface area contributed by atoms with E-state index >= 15 is 0 Å². The first-order chi connectivity index (χ1) is 9.04. The van der Waals surface area contributed by atoms with E-state index < -0.39 is 5.97 Å². The van der Waals surface area contributed by atoms with E-state index in [-0.39, 0.29) is 5.56 Å². The van der Waals surface area contributed by atoms with Crippen LogP contribution in [0.4, 0.5) is 5.69 Å². The van der Waals surface area contributed by atoms with Gasteiger partial charge in [0, 0.05) is 0 Å². The van der Waals surface area contributed by atoms with Crippen molar-refractivity contribution < 1.29 is 9.90 Å². The summed E-state index contributed by atoms with van der Waals surface area (Å²) in [5.74, 6) is -1.02. The fraction of sp³-hybridized carbons (Fsp3) is 0.133. The van der Waals surface area contributed by atoms with Crippen LogP contribution in [0.1, 0.15) is 24.2 Å². The summed E-state index contributed by atoms with van der Waals surface area (Å²) in [4.78, 5) is 11.0. The monoisotopic (exact) mass is 256 g/mol. The van der Waals surface area contributed by atoms with E-state index in [0.717, 1.165) is 5.57 Å². The minimum atomic E-state index is -1.02. The summed E-state index contributed by atoms with van der Waals surface area (Å²) in [7, 11) is 0. The Morgan fingerprint density at radius 2 is 2.00 bits per heavy atom. The smallest absolute Gasteiger partial charge is 0.337 e. The second-order valence-electron chi connectivity index (χ2n) is 3.92. The molecule has 4 heteroatoms. The lowest BCUT2D eigenvalue weighted by atomic mass is 10.2. The maximum atomic E-state index is 11.0. The van der Waals surface area contributed by atoms with E-state index in [1.807, 2.05) is 19.9 Å². The van der Waals surface area contributed by atoms with Crippen LogP contribution in [0.2, 0.25) is 0 Å². The van der Waals surface area contributed by atoms with Crippen LogP contribution < -0.4 is 0 Å². The SMILES string of the molecule is C=C(C)\C=C/C(=C\C)/N=N/c1ccccc1C(=O)O. The van der Waals surface area contributed by atoms with Crippen molar-refractivity contribution in [3.8, 4) is 0 Å². The highest BCUT2D eigenvalue weighted by molar-refractivity contribution is 5.93. The molecule has 0 fully saturated rings. The number of hydrogen-bond acceptors (Lipinski definition) is 3. The Labute approximate surface area is 112 Å². The maximum absolute atomic E-state index is 11.0. The van der Waals surface area contributed by atoms with Crippen molar-refractivity contribution in [2.75, 3.05) is 0 Å². The van der Waals surface area contributed by atoms with Gasteiger partial charge in [0.2, 0.25) is 0 Å². The molecule has 0 unspecified atom stereocenters. The Hall–Kier alpha value is -2.49. The average molecular weight is 256 g/mol. The molecule has 1 N–H and O–H groups in total. The lowest BCUT2D eigenvalue weighted by molar-refractivity contribution is 0.0698. The first-order valence-electron chi connectivity index (χ1n) is 5.78. The Morgan fingerprint density at radius 1 is 1.32 bits per heavy atom. The number of hydrogen-bond donors (Lipinski definition) is 1. The average Bonchev–Trinajstić information content (AvgIpc) is 2.39. The van der Waals surface area contributed by atoms with E-state index in [0.29, 0.717) is 11.4 Å². The standard InChI is InChI=1S/C15H16N2O2/c1-4-12(10-9-11(2)3)16-17-14-8-6-5-7-13(14)15(18)19/h4-10H,2H2,1,3H3,(H,18,19)/b10-9-,12-4+,17-16+. The Morgan fingerprint density at radius 3 is 2.58 bits per heavy atom. The Balaban J connectivity index is 2.98. The van der Waals surface area contributed by atoms with E-state index in [9.17, 15) is 4.79 Å². The van der Waals surface area contributed by atoms with Crippen LogP contribution in [0, 0.1) is 0 Å². The number of carboxylic acid groups (broad SMARTS) is 1. The molecule has 0 aromatic heterocycles. The third-order valence-corrected chi connectivity index (χ3v) is 2.24. The molecular weight excluding hydrogens is 240 g/mol. The van der Waals surface area contributed by atoms with E-state index in [1.54, 1.807) is 30.4 Å². The number of carboxylic acids is 1. The van der Waals surface area contributed by atoms with Crippen molar-refractivity contribution >= 4 is 11.7 Å². The van der Waals surface area contributed by atoms with Crippen LogP contribution in [0.15, 0.2) is 70.6 Å². The van der Waals surface area contributed by atoms with Crippen molar-refractivity contribution in [1.29, 1.82) is 0 Å². The largest absolute Gasteiger partial charge is 0.478 e. The van der Waals surface area contributed by atoms with Crippen LogP contribution in [-0.4, -0.2) is 11.1 Å². The van der Waals surface area contributed by atoms with Gasteiger partial charge in [0.1, 0.15) is 5.69 Å². The van der Waals surface area contributed by atoms with Crippen molar-refractivity contribution in [2.24, 2.45) is 10.2 Å². The van der Waals surface area contributed by atoms with Gasteiger partial charge in [-0.15, -0.1) is 5.11 Å². The highest BCUT2D eigenvalue weighted by atomic mass is 16.4. The zero-order valence-electron chi connectivity index (χ0n) is 11.0. The molecule has 1 aromatic rings. The summed E-state index contributed by atoms with van der Waals surface area (Å²) in [5.41, 5.74) is 2.01. The summed E-state index contributed by atoms with van der Waals surface area (Å²) in [6.07, 6.45) is 5.37. The maximum Gasteiger partial charge on any atom is 0.337 e. The van der Waals surface area contributed by atoms with Gasteiger partial charge in [0.25, 0.3) is 0 Å². The zero-order chi connectivity index (χ0) is 14.3. The molecule has 98 valence electrons. The van der Waals surface area contributed by atoms with Crippen molar-refractivity contribution in [2.45, 2.75) is 13.8 Å². The molecule has 0 aliphatic rings. The normalized spacial score (nSPS) is 12.2. The molecule has 0 radical (unpaired) electrons. The predicted octanol–water partition coefficient (Wildman–Crippen LogP) is 4.50. The molecule has 0 spiro atoms. The molecule has 0 aliphatic heterocycles. The lowest BCUT2D eigenvalue weighted by Crippen LogP contribution is -1.95. The first-order valence-corrected chi connectivity index (χ1v) is 5.78. The quantitative estimate of drug-likeness (QED) is 0.622. The van der Waals surface area contributed by atoms with Crippen molar-refractivity contribution in [1.82, 2.24) is 0 Å². The topological polar surface area (TPSA) is 62.0 Å². The number of carbonyl (C=O) groups is 1. The van der Waals surface area contributed by atoms with Crippen molar-refractivity contribution in [3.05, 3.63) is 65.9 Å². The Bertz CT molecular complexity index is 569. The number of rotatable bonds is 5. The second kappa shape index (κ2) is 7.06. The molecule has 0 bridgehead atoms. The zero-order valence-corrected chi connectivity index (χ0v) is 11.0. The van der Waals surface area contributed by atoms with Gasteiger partial charge in [0.15, 0.2) is 0 Å². The third kappa shape index (κ3) is 4.71. The van der Waals surface area contributed by atoms with Gasteiger partial charge >= 0.3 is 5.97 Å². The van der Waals surface area contributed by atoms with Gasteiger partial charge in [-0.05, 0) is 32.1 Å². The molecule has 0 amide bonds. The fourth-order valence-corrected chi connectivity index (χ4v) is 1.27. The number of allylic oxidation sites excluding steroid dienone is 4. The van der Waals surface area contributed by atoms with Crippen LogP contribution in [-0.2, 0) is 0 Å². The van der Waals surface area contributed by atoms with Crippen LogP contribution in [0.3, 0.4) is 0 Å². The summed E-state index contributed by atoms with van der Waals surface area (Å²) < 4.78 is 0. The van der Waals surface area contributed by atoms with Gasteiger partial charge in [-0.2, -0.15) is 5.11 Å². The molecule has 0 saturated heterocycles. The number of azo groups is 1. The number of benzene rings is 1. The molecule has 0 aliphatic carbocycles. The predicted molar refractivity (Wildman–Crippen MR) is 75.6 cm³/mol. The summed E-state index contributed by atoms with van der Waals surface area (Å²) in [6.45, 7) is 7.46. The minimum Gasteiger partial charge on any atom is -0.478 e. The van der Waals surface area contributed by atoms with E-state index in [2.05, 4.69) is 16.8 Å². The van der Waals surface area contributed by atoms with E-state index in [1.165, 1.54) is 6.07 Å².